The van der Waals surface area contributed by atoms with Gasteiger partial charge in [-0.3, -0.25) is 4.98 Å². The zero-order valence-electron chi connectivity index (χ0n) is 7.81. The fourth-order valence-corrected chi connectivity index (χ4v) is 2.76. The highest BCUT2D eigenvalue weighted by molar-refractivity contribution is 9.10. The first kappa shape index (κ1) is 11.8. The number of nitrogens with two attached hydrogens (primary N) is 1. The number of hydrogen-bond donors (Lipinski definition) is 1. The third kappa shape index (κ3) is 2.06. The predicted octanol–water partition coefficient (Wildman–Crippen LogP) is 2.30. The van der Waals surface area contributed by atoms with E-state index in [1.165, 1.54) is 0 Å². The summed E-state index contributed by atoms with van der Waals surface area (Å²) in [5.74, 6) is 0. The number of nitrogens with zero attached hydrogens (tertiary/aromatic N) is 1. The topological polar surface area (TPSA) is 73.1 Å². The lowest BCUT2D eigenvalue weighted by atomic mass is 10.2. The molecule has 0 fully saturated rings. The van der Waals surface area contributed by atoms with Crippen LogP contribution in [0.2, 0.25) is 5.02 Å². The van der Waals surface area contributed by atoms with Crippen molar-refractivity contribution in [3.8, 4) is 0 Å². The Balaban J connectivity index is 2.89. The van der Waals surface area contributed by atoms with Gasteiger partial charge in [-0.15, -0.1) is 0 Å². The Kier molecular flexibility index (Phi) is 2.91. The summed E-state index contributed by atoms with van der Waals surface area (Å²) in [6, 6.07) is 5.22. The lowest BCUT2D eigenvalue weighted by Gasteiger charge is -2.05. The summed E-state index contributed by atoms with van der Waals surface area (Å²) in [7, 11) is -3.85. The van der Waals surface area contributed by atoms with Gasteiger partial charge in [0, 0.05) is 16.1 Å². The fraction of sp³-hybridized carbons (Fsp3) is 0. The van der Waals surface area contributed by atoms with Crippen LogP contribution in [0.5, 0.6) is 0 Å². The standard InChI is InChI=1S/C9H6BrClN2O2S/c10-5-1-2-7-6(3-5)9(11)8(4-13-7)16(12,14)15/h1-4H,(H2,12,14,15). The molecular formula is C9H6BrClN2O2S. The van der Waals surface area contributed by atoms with E-state index >= 15 is 0 Å². The van der Waals surface area contributed by atoms with Crippen molar-refractivity contribution < 1.29 is 8.42 Å². The molecular weight excluding hydrogens is 316 g/mol. The molecule has 0 atom stereocenters. The molecule has 2 aromatic rings. The number of pyridine rings is 1. The van der Waals surface area contributed by atoms with Crippen LogP contribution < -0.4 is 5.14 Å². The van der Waals surface area contributed by atoms with Gasteiger partial charge >= 0.3 is 0 Å². The molecule has 0 saturated heterocycles. The van der Waals surface area contributed by atoms with Crippen LogP contribution in [0.15, 0.2) is 33.8 Å². The Morgan fingerprint density at radius 3 is 2.69 bits per heavy atom. The summed E-state index contributed by atoms with van der Waals surface area (Å²) in [4.78, 5) is 3.82. The molecule has 0 spiro atoms. The van der Waals surface area contributed by atoms with Gasteiger partial charge in [-0.05, 0) is 18.2 Å². The average Bonchev–Trinajstić information content (AvgIpc) is 2.17. The maximum atomic E-state index is 11.2. The summed E-state index contributed by atoms with van der Waals surface area (Å²) in [5.41, 5.74) is 0.612. The monoisotopic (exact) mass is 320 g/mol. The highest BCUT2D eigenvalue weighted by Crippen LogP contribution is 2.29. The van der Waals surface area contributed by atoms with E-state index < -0.39 is 10.0 Å². The van der Waals surface area contributed by atoms with Crippen molar-refractivity contribution in [3.05, 3.63) is 33.9 Å². The zero-order chi connectivity index (χ0) is 11.9. The van der Waals surface area contributed by atoms with Gasteiger partial charge < -0.3 is 0 Å². The molecule has 2 rings (SSSR count). The van der Waals surface area contributed by atoms with Crippen LogP contribution in [-0.2, 0) is 10.0 Å². The predicted molar refractivity (Wildman–Crippen MR) is 65.8 cm³/mol. The number of aromatic nitrogens is 1. The Morgan fingerprint density at radius 1 is 1.38 bits per heavy atom. The first-order valence-electron chi connectivity index (χ1n) is 4.16. The van der Waals surface area contributed by atoms with Gasteiger partial charge in [0.05, 0.1) is 10.5 Å². The van der Waals surface area contributed by atoms with Crippen molar-refractivity contribution in [1.82, 2.24) is 4.98 Å². The number of benzene rings is 1. The third-order valence-electron chi connectivity index (χ3n) is 2.04. The van der Waals surface area contributed by atoms with Gasteiger partial charge in [-0.1, -0.05) is 27.5 Å². The number of rotatable bonds is 1. The first-order chi connectivity index (χ1) is 7.39. The van der Waals surface area contributed by atoms with E-state index in [4.69, 9.17) is 16.7 Å². The lowest BCUT2D eigenvalue weighted by Crippen LogP contribution is -2.13. The van der Waals surface area contributed by atoms with Gasteiger partial charge in [0.15, 0.2) is 0 Å². The van der Waals surface area contributed by atoms with Crippen molar-refractivity contribution in [1.29, 1.82) is 0 Å². The second-order valence-electron chi connectivity index (χ2n) is 3.14. The minimum Gasteiger partial charge on any atom is -0.255 e. The second kappa shape index (κ2) is 3.96. The molecule has 16 heavy (non-hydrogen) atoms. The van der Waals surface area contributed by atoms with E-state index in [1.807, 2.05) is 0 Å². The van der Waals surface area contributed by atoms with Crippen molar-refractivity contribution in [3.63, 3.8) is 0 Å². The van der Waals surface area contributed by atoms with Gasteiger partial charge in [0.25, 0.3) is 0 Å². The Hall–Kier alpha value is -0.690. The molecule has 0 amide bonds. The van der Waals surface area contributed by atoms with Crippen LogP contribution in [0, 0.1) is 0 Å². The molecule has 7 heteroatoms. The normalized spacial score (nSPS) is 11.9. The molecule has 1 aromatic heterocycles. The van der Waals surface area contributed by atoms with Crippen LogP contribution in [0.3, 0.4) is 0 Å². The molecule has 1 heterocycles. The first-order valence-corrected chi connectivity index (χ1v) is 6.88. The maximum Gasteiger partial charge on any atom is 0.241 e. The lowest BCUT2D eigenvalue weighted by molar-refractivity contribution is 0.597. The van der Waals surface area contributed by atoms with E-state index in [-0.39, 0.29) is 9.92 Å². The third-order valence-corrected chi connectivity index (χ3v) is 3.97. The zero-order valence-corrected chi connectivity index (χ0v) is 11.0. The molecule has 0 radical (unpaired) electrons. The summed E-state index contributed by atoms with van der Waals surface area (Å²) >= 11 is 9.25. The Morgan fingerprint density at radius 2 is 2.06 bits per heavy atom. The van der Waals surface area contributed by atoms with Crippen LogP contribution >= 0.6 is 27.5 Å². The minimum absolute atomic E-state index is 0.0915. The van der Waals surface area contributed by atoms with E-state index in [9.17, 15) is 8.42 Å². The van der Waals surface area contributed by atoms with Crippen LogP contribution in [0.25, 0.3) is 10.9 Å². The van der Waals surface area contributed by atoms with E-state index in [2.05, 4.69) is 20.9 Å². The molecule has 0 saturated carbocycles. The molecule has 1 aromatic carbocycles. The molecule has 0 unspecified atom stereocenters. The molecule has 0 aliphatic heterocycles. The molecule has 0 aliphatic rings. The van der Waals surface area contributed by atoms with Crippen LogP contribution in [-0.4, -0.2) is 13.4 Å². The van der Waals surface area contributed by atoms with Gasteiger partial charge in [-0.2, -0.15) is 0 Å². The van der Waals surface area contributed by atoms with Crippen molar-refractivity contribution >= 4 is 48.5 Å². The van der Waals surface area contributed by atoms with Crippen molar-refractivity contribution in [2.45, 2.75) is 4.90 Å². The number of primary sulfonamides is 1. The highest BCUT2D eigenvalue weighted by atomic mass is 79.9. The van der Waals surface area contributed by atoms with Gasteiger partial charge in [0.1, 0.15) is 4.90 Å². The maximum absolute atomic E-state index is 11.2. The summed E-state index contributed by atoms with van der Waals surface area (Å²) < 4.78 is 23.2. The number of fused-ring (bicyclic) bond motifs is 1. The summed E-state index contributed by atoms with van der Waals surface area (Å²) in [6.45, 7) is 0. The SMILES string of the molecule is NS(=O)(=O)c1cnc2ccc(Br)cc2c1Cl. The Labute approximate surface area is 106 Å². The number of hydrogen-bond acceptors (Lipinski definition) is 3. The summed E-state index contributed by atoms with van der Waals surface area (Å²) in [5, 5.41) is 5.66. The quantitative estimate of drug-likeness (QED) is 0.876. The van der Waals surface area contributed by atoms with Gasteiger partial charge in [-0.25, -0.2) is 13.6 Å². The highest BCUT2D eigenvalue weighted by Gasteiger charge is 2.16. The van der Waals surface area contributed by atoms with Crippen LogP contribution in [0.4, 0.5) is 0 Å². The fourth-order valence-electron chi connectivity index (χ4n) is 1.31. The van der Waals surface area contributed by atoms with Gasteiger partial charge in [0.2, 0.25) is 10.0 Å². The van der Waals surface area contributed by atoms with E-state index in [0.29, 0.717) is 10.9 Å². The molecule has 0 aliphatic carbocycles. The number of halogens is 2. The molecule has 84 valence electrons. The summed E-state index contributed by atoms with van der Waals surface area (Å²) in [6.07, 6.45) is 1.16. The average molecular weight is 322 g/mol. The smallest absolute Gasteiger partial charge is 0.241 e. The molecule has 4 nitrogen and oxygen atoms in total. The van der Waals surface area contributed by atoms with E-state index in [1.54, 1.807) is 18.2 Å². The number of sulfonamides is 1. The van der Waals surface area contributed by atoms with Crippen molar-refractivity contribution in [2.24, 2.45) is 5.14 Å². The van der Waals surface area contributed by atoms with Crippen LogP contribution in [0.1, 0.15) is 0 Å². The van der Waals surface area contributed by atoms with Crippen molar-refractivity contribution in [2.75, 3.05) is 0 Å². The van der Waals surface area contributed by atoms with E-state index in [0.717, 1.165) is 10.7 Å². The molecule has 0 bridgehead atoms. The minimum atomic E-state index is -3.85. The largest absolute Gasteiger partial charge is 0.255 e. The molecule has 2 N–H and O–H groups in total. The second-order valence-corrected chi connectivity index (χ2v) is 5.97. The Bertz CT molecular complexity index is 673.